The highest BCUT2D eigenvalue weighted by Gasteiger charge is 2.19. The predicted octanol–water partition coefficient (Wildman–Crippen LogP) is 1.38. The van der Waals surface area contributed by atoms with Gasteiger partial charge in [-0.25, -0.2) is 0 Å². The summed E-state index contributed by atoms with van der Waals surface area (Å²) in [5.74, 6) is 0. The van der Waals surface area contributed by atoms with Gasteiger partial charge in [0.2, 0.25) is 0 Å². The minimum Gasteiger partial charge on any atom is -0.324 e. The highest BCUT2D eigenvalue weighted by Crippen LogP contribution is 2.22. The molecule has 0 amide bonds. The van der Waals surface area contributed by atoms with E-state index in [0.717, 1.165) is 31.4 Å². The molecule has 1 aliphatic carbocycles. The lowest BCUT2D eigenvalue weighted by molar-refractivity contribution is 0.658. The summed E-state index contributed by atoms with van der Waals surface area (Å²) in [4.78, 5) is 12.1. The van der Waals surface area contributed by atoms with Crippen LogP contribution < -0.4 is 11.3 Å². The Kier molecular flexibility index (Phi) is 2.65. The quantitative estimate of drug-likeness (QED) is 0.794. The van der Waals surface area contributed by atoms with E-state index in [4.69, 9.17) is 5.73 Å². The van der Waals surface area contributed by atoms with Gasteiger partial charge in [-0.05, 0) is 44.7 Å². The average molecular weight is 206 g/mol. The van der Waals surface area contributed by atoms with Crippen LogP contribution in [-0.4, -0.2) is 4.57 Å². The van der Waals surface area contributed by atoms with Gasteiger partial charge >= 0.3 is 0 Å². The van der Waals surface area contributed by atoms with Gasteiger partial charge in [0.25, 0.3) is 5.56 Å². The van der Waals surface area contributed by atoms with E-state index >= 15 is 0 Å². The Morgan fingerprint density at radius 1 is 1.53 bits per heavy atom. The van der Waals surface area contributed by atoms with Gasteiger partial charge in [-0.2, -0.15) is 0 Å². The van der Waals surface area contributed by atoms with Crippen molar-refractivity contribution in [1.29, 1.82) is 0 Å². The predicted molar refractivity (Wildman–Crippen MR) is 61.0 cm³/mol. The Bertz CT molecular complexity index is 432. The summed E-state index contributed by atoms with van der Waals surface area (Å²) in [5.41, 5.74) is 9.24. The zero-order valence-corrected chi connectivity index (χ0v) is 9.42. The van der Waals surface area contributed by atoms with E-state index in [0.29, 0.717) is 0 Å². The lowest BCUT2D eigenvalue weighted by atomic mass is 10.1. The molecule has 3 heteroatoms. The van der Waals surface area contributed by atoms with Crippen LogP contribution in [0.1, 0.15) is 43.1 Å². The van der Waals surface area contributed by atoms with Gasteiger partial charge in [0.15, 0.2) is 0 Å². The molecule has 0 saturated carbocycles. The minimum absolute atomic E-state index is 0.105. The molecule has 0 aliphatic heterocycles. The Labute approximate surface area is 89.9 Å². The molecule has 1 aromatic rings. The minimum atomic E-state index is -0.166. The van der Waals surface area contributed by atoms with Gasteiger partial charge < -0.3 is 10.3 Å². The summed E-state index contributed by atoms with van der Waals surface area (Å²) >= 11 is 0. The van der Waals surface area contributed by atoms with E-state index in [1.165, 1.54) is 11.3 Å². The van der Waals surface area contributed by atoms with Crippen LogP contribution in [-0.2, 0) is 19.4 Å². The second kappa shape index (κ2) is 3.81. The fourth-order valence-electron chi connectivity index (χ4n) is 2.40. The molecule has 1 aromatic heterocycles. The summed E-state index contributed by atoms with van der Waals surface area (Å²) in [6.07, 6.45) is 3.30. The molecule has 15 heavy (non-hydrogen) atoms. The van der Waals surface area contributed by atoms with Crippen molar-refractivity contribution in [3.05, 3.63) is 33.2 Å². The van der Waals surface area contributed by atoms with Crippen molar-refractivity contribution in [2.75, 3.05) is 0 Å². The zero-order chi connectivity index (χ0) is 11.0. The van der Waals surface area contributed by atoms with E-state index in [9.17, 15) is 4.79 Å². The van der Waals surface area contributed by atoms with Crippen LogP contribution in [0.3, 0.4) is 0 Å². The van der Waals surface area contributed by atoms with Crippen molar-refractivity contribution in [1.82, 2.24) is 4.57 Å². The molecule has 1 atom stereocenters. The third kappa shape index (κ3) is 1.61. The second-order valence-electron chi connectivity index (χ2n) is 4.26. The normalized spacial score (nSPS) is 16.5. The van der Waals surface area contributed by atoms with E-state index in [-0.39, 0.29) is 11.6 Å². The van der Waals surface area contributed by atoms with E-state index in [2.05, 4.69) is 0 Å². The number of aryl methyl sites for hydroxylation is 1. The number of rotatable bonds is 2. The van der Waals surface area contributed by atoms with Crippen molar-refractivity contribution < 1.29 is 0 Å². The molecule has 1 heterocycles. The summed E-state index contributed by atoms with van der Waals surface area (Å²) in [7, 11) is 0. The number of nitrogens with two attached hydrogens (primary N) is 1. The molecule has 0 spiro atoms. The van der Waals surface area contributed by atoms with Crippen molar-refractivity contribution in [3.63, 3.8) is 0 Å². The zero-order valence-electron chi connectivity index (χ0n) is 9.42. The van der Waals surface area contributed by atoms with Crippen molar-refractivity contribution in [2.24, 2.45) is 5.73 Å². The topological polar surface area (TPSA) is 48.0 Å². The SMILES string of the molecule is CCn1c2c(cc(C(C)N)c1=O)CCC2. The van der Waals surface area contributed by atoms with Crippen molar-refractivity contribution >= 4 is 0 Å². The number of nitrogens with zero attached hydrogens (tertiary/aromatic N) is 1. The molecule has 2 N–H and O–H groups in total. The maximum absolute atomic E-state index is 12.1. The average Bonchev–Trinajstić information content (AvgIpc) is 2.64. The molecule has 0 bridgehead atoms. The number of fused-ring (bicyclic) bond motifs is 1. The molecule has 1 unspecified atom stereocenters. The smallest absolute Gasteiger partial charge is 0.255 e. The van der Waals surface area contributed by atoms with Gasteiger partial charge in [-0.15, -0.1) is 0 Å². The van der Waals surface area contributed by atoms with Gasteiger partial charge in [-0.1, -0.05) is 0 Å². The Hall–Kier alpha value is -1.09. The van der Waals surface area contributed by atoms with E-state index < -0.39 is 0 Å². The first-order chi connectivity index (χ1) is 7.15. The maximum Gasteiger partial charge on any atom is 0.255 e. The highest BCUT2D eigenvalue weighted by molar-refractivity contribution is 5.31. The third-order valence-corrected chi connectivity index (χ3v) is 3.18. The molecule has 2 rings (SSSR count). The van der Waals surface area contributed by atoms with Crippen LogP contribution in [0.15, 0.2) is 10.9 Å². The van der Waals surface area contributed by atoms with Crippen LogP contribution in [0.5, 0.6) is 0 Å². The van der Waals surface area contributed by atoms with Crippen LogP contribution >= 0.6 is 0 Å². The lowest BCUT2D eigenvalue weighted by Crippen LogP contribution is -2.29. The van der Waals surface area contributed by atoms with Gasteiger partial charge in [0, 0.05) is 23.8 Å². The van der Waals surface area contributed by atoms with Crippen LogP contribution in [0, 0.1) is 0 Å². The first kappa shape index (κ1) is 10.4. The maximum atomic E-state index is 12.1. The second-order valence-corrected chi connectivity index (χ2v) is 4.26. The van der Waals surface area contributed by atoms with Gasteiger partial charge in [0.1, 0.15) is 0 Å². The summed E-state index contributed by atoms with van der Waals surface area (Å²) < 4.78 is 1.89. The molecule has 1 aliphatic rings. The molecule has 82 valence electrons. The van der Waals surface area contributed by atoms with E-state index in [1.807, 2.05) is 24.5 Å². The van der Waals surface area contributed by atoms with Crippen LogP contribution in [0.25, 0.3) is 0 Å². The number of pyridine rings is 1. The summed E-state index contributed by atoms with van der Waals surface area (Å²) in [6.45, 7) is 4.64. The van der Waals surface area contributed by atoms with Crippen LogP contribution in [0.2, 0.25) is 0 Å². The standard InChI is InChI=1S/C12H18N2O/c1-3-14-11-6-4-5-9(11)7-10(8(2)13)12(14)15/h7-8H,3-6,13H2,1-2H3. The number of hydrogen-bond donors (Lipinski definition) is 1. The number of hydrogen-bond acceptors (Lipinski definition) is 2. The molecule has 0 aromatic carbocycles. The Morgan fingerprint density at radius 3 is 2.87 bits per heavy atom. The highest BCUT2D eigenvalue weighted by atomic mass is 16.1. The lowest BCUT2D eigenvalue weighted by Gasteiger charge is -2.14. The molecule has 0 radical (unpaired) electrons. The Morgan fingerprint density at radius 2 is 2.27 bits per heavy atom. The third-order valence-electron chi connectivity index (χ3n) is 3.18. The molecule has 0 fully saturated rings. The molecule has 3 nitrogen and oxygen atoms in total. The fourth-order valence-corrected chi connectivity index (χ4v) is 2.40. The first-order valence-electron chi connectivity index (χ1n) is 5.66. The number of aromatic nitrogens is 1. The van der Waals surface area contributed by atoms with Crippen LogP contribution in [0.4, 0.5) is 0 Å². The molecular formula is C12H18N2O. The van der Waals surface area contributed by atoms with Gasteiger partial charge in [0.05, 0.1) is 0 Å². The summed E-state index contributed by atoms with van der Waals surface area (Å²) in [6, 6.07) is 1.85. The summed E-state index contributed by atoms with van der Waals surface area (Å²) in [5, 5.41) is 0. The fraction of sp³-hybridized carbons (Fsp3) is 0.583. The van der Waals surface area contributed by atoms with Gasteiger partial charge in [-0.3, -0.25) is 4.79 Å². The van der Waals surface area contributed by atoms with E-state index in [1.54, 1.807) is 0 Å². The first-order valence-corrected chi connectivity index (χ1v) is 5.66. The molecule has 0 saturated heterocycles. The largest absolute Gasteiger partial charge is 0.324 e. The Balaban J connectivity index is 2.67. The van der Waals surface area contributed by atoms with Crippen molar-refractivity contribution in [3.8, 4) is 0 Å². The molecular weight excluding hydrogens is 188 g/mol. The van der Waals surface area contributed by atoms with Crippen molar-refractivity contribution in [2.45, 2.75) is 45.7 Å². The monoisotopic (exact) mass is 206 g/mol.